The van der Waals surface area contributed by atoms with Gasteiger partial charge in [0.25, 0.3) is 0 Å². The highest BCUT2D eigenvalue weighted by Crippen LogP contribution is 2.20. The summed E-state index contributed by atoms with van der Waals surface area (Å²) >= 11 is 0. The van der Waals surface area contributed by atoms with Crippen LogP contribution in [0.1, 0.15) is 431 Å². The van der Waals surface area contributed by atoms with E-state index in [0.29, 0.717) is 12.8 Å². The first kappa shape index (κ1) is 80.0. The first-order chi connectivity index (χ1) is 40.0. The zero-order valence-electron chi connectivity index (χ0n) is 55.3. The number of nitrogens with one attached hydrogen (secondary N) is 1. The van der Waals surface area contributed by atoms with Crippen LogP contribution >= 0.6 is 0 Å². The summed E-state index contributed by atoms with van der Waals surface area (Å²) in [5.41, 5.74) is 0. The molecule has 0 fully saturated rings. The normalized spacial score (nSPS) is 13.4. The third-order valence-electron chi connectivity index (χ3n) is 18.2. The maximum absolute atomic E-state index is 12.7. The topological polar surface area (TPSA) is 110 Å². The van der Waals surface area contributed by atoms with Crippen molar-refractivity contribution in [3.05, 3.63) is 12.2 Å². The van der Waals surface area contributed by atoms with Gasteiger partial charge < -0.3 is 25.7 Å². The Balaban J connectivity index is 3.51. The molecule has 0 spiro atoms. The van der Waals surface area contributed by atoms with Crippen LogP contribution in [0.15, 0.2) is 12.2 Å². The molecule has 4 unspecified atom stereocenters. The van der Waals surface area contributed by atoms with Crippen molar-refractivity contribution in [2.75, 3.05) is 6.61 Å². The first-order valence-electron chi connectivity index (χ1n) is 37.6. The van der Waals surface area contributed by atoms with Crippen molar-refractivity contribution < 1.29 is 25.2 Å². The van der Waals surface area contributed by atoms with Gasteiger partial charge in [-0.1, -0.05) is 405 Å². The van der Waals surface area contributed by atoms with E-state index < -0.39 is 36.9 Å². The predicted molar refractivity (Wildman–Crippen MR) is 358 cm³/mol. The number of aliphatic hydroxyl groups excluding tert-OH is 4. The summed E-state index contributed by atoms with van der Waals surface area (Å²) < 4.78 is 0. The van der Waals surface area contributed by atoms with E-state index in [0.717, 1.165) is 38.5 Å². The van der Waals surface area contributed by atoms with Gasteiger partial charge in [0.05, 0.1) is 18.8 Å². The first-order valence-corrected chi connectivity index (χ1v) is 37.6. The Hall–Kier alpha value is -0.950. The number of hydrogen-bond acceptors (Lipinski definition) is 5. The van der Waals surface area contributed by atoms with Gasteiger partial charge in [0.15, 0.2) is 0 Å². The third-order valence-corrected chi connectivity index (χ3v) is 18.2. The Morgan fingerprint density at radius 1 is 0.296 bits per heavy atom. The number of aliphatic hydroxyl groups is 4. The fourth-order valence-electron chi connectivity index (χ4n) is 12.4. The SMILES string of the molecule is CCCCCCCCCCCCCCCCCCCCCCCCCC/C=C/CCCC(O)C(O)C(CO)NC(=O)C(O)CCCCCCCCCCCCCCCCCCCCCCCCCCCCCCCCCCCCCC. The molecule has 0 aliphatic rings. The molecule has 0 aromatic carbocycles. The molecule has 0 saturated carbocycles. The van der Waals surface area contributed by atoms with Crippen molar-refractivity contribution >= 4 is 5.91 Å². The molecule has 81 heavy (non-hydrogen) atoms. The lowest BCUT2D eigenvalue weighted by molar-refractivity contribution is -0.132. The second-order valence-corrected chi connectivity index (χ2v) is 26.4. The number of unbranched alkanes of at least 4 members (excludes halogenated alkanes) is 60. The van der Waals surface area contributed by atoms with Crippen LogP contribution in [0.4, 0.5) is 0 Å². The molecule has 1 amide bonds. The van der Waals surface area contributed by atoms with E-state index in [-0.39, 0.29) is 0 Å². The van der Waals surface area contributed by atoms with Gasteiger partial charge in [0, 0.05) is 0 Å². The molecule has 0 heterocycles. The predicted octanol–water partition coefficient (Wildman–Crippen LogP) is 23.5. The standard InChI is InChI=1S/C75H149NO5/c1-3-5-7-9-11-13-15-17-19-21-23-25-27-29-31-33-34-35-36-37-38-39-41-43-45-47-49-51-53-55-57-59-61-63-65-67-69-73(79)75(81)76-71(70-77)74(80)72(78)68-66-64-62-60-58-56-54-52-50-48-46-44-42-40-32-30-28-26-24-22-20-18-16-14-12-10-8-6-4-2/h60,62,71-74,77-80H,3-59,61,63-70H2,1-2H3,(H,76,81)/b62-60+. The molecule has 0 radical (unpaired) electrons. The van der Waals surface area contributed by atoms with Crippen molar-refractivity contribution in [1.29, 1.82) is 0 Å². The fraction of sp³-hybridized carbons (Fsp3) is 0.960. The van der Waals surface area contributed by atoms with Crippen LogP contribution < -0.4 is 5.32 Å². The molecule has 0 aromatic heterocycles. The molecule has 4 atom stereocenters. The van der Waals surface area contributed by atoms with Gasteiger partial charge in [-0.2, -0.15) is 0 Å². The average molecular weight is 1150 g/mol. The van der Waals surface area contributed by atoms with Gasteiger partial charge in [-0.25, -0.2) is 0 Å². The monoisotopic (exact) mass is 1140 g/mol. The van der Waals surface area contributed by atoms with Crippen molar-refractivity contribution in [3.63, 3.8) is 0 Å². The molecule has 0 aromatic rings. The van der Waals surface area contributed by atoms with Crippen LogP contribution in [0.3, 0.4) is 0 Å². The van der Waals surface area contributed by atoms with E-state index in [1.54, 1.807) is 0 Å². The molecule has 0 aliphatic carbocycles. The van der Waals surface area contributed by atoms with Gasteiger partial charge in [0.1, 0.15) is 12.2 Å². The number of carbonyl (C=O) groups excluding carboxylic acids is 1. The fourth-order valence-corrected chi connectivity index (χ4v) is 12.4. The lowest BCUT2D eigenvalue weighted by Crippen LogP contribution is -2.53. The Labute approximate surface area is 508 Å². The largest absolute Gasteiger partial charge is 0.394 e. The van der Waals surface area contributed by atoms with Crippen LogP contribution in [0.25, 0.3) is 0 Å². The van der Waals surface area contributed by atoms with E-state index in [1.165, 1.54) is 366 Å². The molecule has 0 aliphatic heterocycles. The highest BCUT2D eigenvalue weighted by Gasteiger charge is 2.28. The molecule has 6 heteroatoms. The van der Waals surface area contributed by atoms with Gasteiger partial charge >= 0.3 is 0 Å². The Morgan fingerprint density at radius 3 is 0.741 bits per heavy atom. The van der Waals surface area contributed by atoms with E-state index in [2.05, 4.69) is 31.3 Å². The highest BCUT2D eigenvalue weighted by atomic mass is 16.3. The molecule has 0 rings (SSSR count). The molecule has 484 valence electrons. The number of rotatable bonds is 71. The number of amides is 1. The smallest absolute Gasteiger partial charge is 0.249 e. The Bertz CT molecular complexity index is 1200. The maximum atomic E-state index is 12.7. The minimum absolute atomic E-state index is 0.369. The summed E-state index contributed by atoms with van der Waals surface area (Å²) in [4.78, 5) is 12.7. The minimum atomic E-state index is -1.28. The van der Waals surface area contributed by atoms with Crippen molar-refractivity contribution in [3.8, 4) is 0 Å². The summed E-state index contributed by atoms with van der Waals surface area (Å²) in [6.45, 7) is 4.11. The van der Waals surface area contributed by atoms with Gasteiger partial charge in [-0.3, -0.25) is 4.79 Å². The quantitative estimate of drug-likeness (QED) is 0.0308. The van der Waals surface area contributed by atoms with Gasteiger partial charge in [-0.15, -0.1) is 0 Å². The summed E-state index contributed by atoms with van der Waals surface area (Å²) in [5.74, 6) is -0.583. The van der Waals surface area contributed by atoms with E-state index in [4.69, 9.17) is 0 Å². The van der Waals surface area contributed by atoms with E-state index in [9.17, 15) is 25.2 Å². The van der Waals surface area contributed by atoms with Crippen LogP contribution in [-0.2, 0) is 4.79 Å². The Kier molecular flexibility index (Phi) is 69.0. The molecule has 0 bridgehead atoms. The molecule has 5 N–H and O–H groups in total. The van der Waals surface area contributed by atoms with Crippen LogP contribution in [0.2, 0.25) is 0 Å². The second kappa shape index (κ2) is 69.8. The number of allylic oxidation sites excluding steroid dienone is 2. The zero-order valence-corrected chi connectivity index (χ0v) is 55.3. The number of hydrogen-bond donors (Lipinski definition) is 5. The number of carbonyl (C=O) groups is 1. The zero-order chi connectivity index (χ0) is 58.7. The van der Waals surface area contributed by atoms with E-state index in [1.807, 2.05) is 0 Å². The molecular formula is C75H149NO5. The maximum Gasteiger partial charge on any atom is 0.249 e. The molecule has 0 saturated heterocycles. The third kappa shape index (κ3) is 63.4. The minimum Gasteiger partial charge on any atom is -0.394 e. The molecular weight excluding hydrogens is 995 g/mol. The second-order valence-electron chi connectivity index (χ2n) is 26.4. The summed E-state index contributed by atoms with van der Waals surface area (Å²) in [6.07, 6.45) is 88.0. The average Bonchev–Trinajstić information content (AvgIpc) is 3.47. The van der Waals surface area contributed by atoms with Crippen LogP contribution in [0, 0.1) is 0 Å². The Morgan fingerprint density at radius 2 is 0.506 bits per heavy atom. The lowest BCUT2D eigenvalue weighted by atomic mass is 10.00. The van der Waals surface area contributed by atoms with E-state index >= 15 is 0 Å². The van der Waals surface area contributed by atoms with Crippen molar-refractivity contribution in [1.82, 2.24) is 5.32 Å². The van der Waals surface area contributed by atoms with Crippen LogP contribution in [0.5, 0.6) is 0 Å². The van der Waals surface area contributed by atoms with Gasteiger partial charge in [0.2, 0.25) is 5.91 Å². The van der Waals surface area contributed by atoms with Crippen molar-refractivity contribution in [2.45, 2.75) is 456 Å². The molecule has 6 nitrogen and oxygen atoms in total. The summed E-state index contributed by atoms with van der Waals surface area (Å²) in [7, 11) is 0. The summed E-state index contributed by atoms with van der Waals surface area (Å²) in [6, 6.07) is -1.00. The van der Waals surface area contributed by atoms with Gasteiger partial charge in [-0.05, 0) is 38.5 Å². The van der Waals surface area contributed by atoms with Crippen LogP contribution in [-0.4, -0.2) is 57.3 Å². The lowest BCUT2D eigenvalue weighted by Gasteiger charge is -2.27. The summed E-state index contributed by atoms with van der Waals surface area (Å²) in [5, 5.41) is 44.3. The van der Waals surface area contributed by atoms with Crippen molar-refractivity contribution in [2.24, 2.45) is 0 Å². The highest BCUT2D eigenvalue weighted by molar-refractivity contribution is 5.80.